The lowest BCUT2D eigenvalue weighted by Gasteiger charge is -2.11. The fraction of sp³-hybridized carbons (Fsp3) is 0.160. The van der Waals surface area contributed by atoms with E-state index in [9.17, 15) is 9.18 Å². The number of hydrogen-bond donors (Lipinski definition) is 0. The Hall–Kier alpha value is -3.71. The van der Waals surface area contributed by atoms with Gasteiger partial charge in [-0.05, 0) is 62.7 Å². The molecule has 0 N–H and O–H groups in total. The fourth-order valence-corrected chi connectivity index (χ4v) is 4.27. The molecule has 3 aromatic heterocycles. The number of aromatic nitrogens is 4. The summed E-state index contributed by atoms with van der Waals surface area (Å²) in [6.07, 6.45) is 0. The Bertz CT molecular complexity index is 1580. The molecule has 0 saturated heterocycles. The van der Waals surface area contributed by atoms with Crippen LogP contribution >= 0.6 is 11.6 Å². The van der Waals surface area contributed by atoms with Gasteiger partial charge in [-0.25, -0.2) is 14.1 Å². The van der Waals surface area contributed by atoms with Crippen LogP contribution in [0.25, 0.3) is 28.2 Å². The molecule has 0 bridgehead atoms. The Morgan fingerprint density at radius 1 is 1.06 bits per heavy atom. The SMILES string of the molecule is Cc1oc(-c2cccc(Cl)c2)nc1Cn1c(=O)cc(C)c2c(C)nn(-c3cccc(F)c3)c21. The van der Waals surface area contributed by atoms with Crippen LogP contribution in [0.3, 0.4) is 0 Å². The molecule has 0 aliphatic rings. The molecule has 0 unspecified atom stereocenters. The molecule has 0 spiro atoms. The van der Waals surface area contributed by atoms with Crippen LogP contribution in [-0.2, 0) is 6.54 Å². The van der Waals surface area contributed by atoms with Crippen molar-refractivity contribution in [3.63, 3.8) is 0 Å². The van der Waals surface area contributed by atoms with Crippen molar-refractivity contribution in [2.24, 2.45) is 0 Å². The number of benzene rings is 2. The molecular weight excluding hydrogens is 443 g/mol. The first kappa shape index (κ1) is 21.2. The predicted molar refractivity (Wildman–Crippen MR) is 126 cm³/mol. The number of fused-ring (bicyclic) bond motifs is 1. The minimum absolute atomic E-state index is 0.173. The largest absolute Gasteiger partial charge is 0.441 e. The summed E-state index contributed by atoms with van der Waals surface area (Å²) in [5.74, 6) is 0.643. The smallest absolute Gasteiger partial charge is 0.252 e. The molecule has 5 rings (SSSR count). The van der Waals surface area contributed by atoms with E-state index in [2.05, 4.69) is 10.1 Å². The predicted octanol–water partition coefficient (Wildman–Crippen LogP) is 5.61. The highest BCUT2D eigenvalue weighted by Crippen LogP contribution is 2.27. The van der Waals surface area contributed by atoms with E-state index < -0.39 is 0 Å². The Labute approximate surface area is 193 Å². The van der Waals surface area contributed by atoms with E-state index in [4.69, 9.17) is 16.0 Å². The van der Waals surface area contributed by atoms with Crippen molar-refractivity contribution >= 4 is 22.6 Å². The van der Waals surface area contributed by atoms with Crippen molar-refractivity contribution in [1.29, 1.82) is 0 Å². The zero-order valence-electron chi connectivity index (χ0n) is 18.3. The Morgan fingerprint density at radius 2 is 1.85 bits per heavy atom. The zero-order chi connectivity index (χ0) is 23.3. The first-order chi connectivity index (χ1) is 15.8. The van der Waals surface area contributed by atoms with E-state index in [-0.39, 0.29) is 17.9 Å². The number of oxazole rings is 1. The van der Waals surface area contributed by atoms with Gasteiger partial charge in [0, 0.05) is 22.0 Å². The third-order valence-corrected chi connectivity index (χ3v) is 5.85. The molecule has 6 nitrogen and oxygen atoms in total. The summed E-state index contributed by atoms with van der Waals surface area (Å²) in [5, 5.41) is 6.04. The highest BCUT2D eigenvalue weighted by atomic mass is 35.5. The summed E-state index contributed by atoms with van der Waals surface area (Å²) in [7, 11) is 0. The number of nitrogens with zero attached hydrogens (tertiary/aromatic N) is 4. The van der Waals surface area contributed by atoms with Crippen LogP contribution in [0.15, 0.2) is 63.8 Å². The van der Waals surface area contributed by atoms with Crippen LogP contribution in [0.4, 0.5) is 4.39 Å². The normalized spacial score (nSPS) is 11.4. The van der Waals surface area contributed by atoms with Gasteiger partial charge in [-0.3, -0.25) is 9.36 Å². The Morgan fingerprint density at radius 3 is 2.61 bits per heavy atom. The maximum absolute atomic E-state index is 14.0. The second-order valence-electron chi connectivity index (χ2n) is 7.96. The minimum Gasteiger partial charge on any atom is -0.441 e. The maximum atomic E-state index is 14.0. The monoisotopic (exact) mass is 462 g/mol. The quantitative estimate of drug-likeness (QED) is 0.348. The number of rotatable bonds is 4. The van der Waals surface area contributed by atoms with Gasteiger partial charge in [0.05, 0.1) is 17.9 Å². The maximum Gasteiger partial charge on any atom is 0.252 e. The third-order valence-electron chi connectivity index (χ3n) is 5.62. The van der Waals surface area contributed by atoms with Gasteiger partial charge >= 0.3 is 0 Å². The topological polar surface area (TPSA) is 65.8 Å². The molecule has 0 amide bonds. The van der Waals surface area contributed by atoms with Crippen molar-refractivity contribution in [3.8, 4) is 17.1 Å². The summed E-state index contributed by atoms with van der Waals surface area (Å²) in [6.45, 7) is 5.73. The first-order valence-electron chi connectivity index (χ1n) is 10.4. The highest BCUT2D eigenvalue weighted by molar-refractivity contribution is 6.30. The molecule has 166 valence electrons. The summed E-state index contributed by atoms with van der Waals surface area (Å²) in [5.41, 5.74) is 3.82. The van der Waals surface area contributed by atoms with Crippen LogP contribution in [0, 0.1) is 26.6 Å². The fourth-order valence-electron chi connectivity index (χ4n) is 4.08. The molecule has 33 heavy (non-hydrogen) atoms. The first-order valence-corrected chi connectivity index (χ1v) is 10.8. The van der Waals surface area contributed by atoms with Gasteiger partial charge in [0.1, 0.15) is 22.9 Å². The Kier molecular flexibility index (Phi) is 5.13. The molecule has 0 saturated carbocycles. The molecule has 0 atom stereocenters. The molecule has 0 radical (unpaired) electrons. The van der Waals surface area contributed by atoms with Gasteiger partial charge in [0.25, 0.3) is 5.56 Å². The van der Waals surface area contributed by atoms with Crippen LogP contribution in [0.1, 0.15) is 22.7 Å². The molecule has 3 heterocycles. The molecule has 2 aromatic carbocycles. The van der Waals surface area contributed by atoms with Crippen molar-refractivity contribution in [2.45, 2.75) is 27.3 Å². The van der Waals surface area contributed by atoms with Crippen molar-refractivity contribution in [3.05, 3.63) is 98.5 Å². The van der Waals surface area contributed by atoms with Gasteiger partial charge in [0.2, 0.25) is 5.89 Å². The van der Waals surface area contributed by atoms with Crippen LogP contribution in [-0.4, -0.2) is 19.3 Å². The second-order valence-corrected chi connectivity index (χ2v) is 8.40. The van der Waals surface area contributed by atoms with Gasteiger partial charge in [-0.15, -0.1) is 0 Å². The lowest BCUT2D eigenvalue weighted by atomic mass is 10.1. The zero-order valence-corrected chi connectivity index (χ0v) is 19.0. The highest BCUT2D eigenvalue weighted by Gasteiger charge is 2.20. The molecular formula is C25H20ClFN4O2. The van der Waals surface area contributed by atoms with Crippen molar-refractivity contribution < 1.29 is 8.81 Å². The van der Waals surface area contributed by atoms with Crippen LogP contribution < -0.4 is 5.56 Å². The van der Waals surface area contributed by atoms with Crippen LogP contribution in [0.5, 0.6) is 0 Å². The summed E-state index contributed by atoms with van der Waals surface area (Å²) in [6, 6.07) is 15.0. The number of halogens is 2. The van der Waals surface area contributed by atoms with E-state index in [1.54, 1.807) is 39.6 Å². The average molecular weight is 463 g/mol. The average Bonchev–Trinajstić information content (AvgIpc) is 3.31. The van der Waals surface area contributed by atoms with Gasteiger partial charge in [-0.2, -0.15) is 5.10 Å². The molecule has 0 fully saturated rings. The lowest BCUT2D eigenvalue weighted by Crippen LogP contribution is -2.23. The van der Waals surface area contributed by atoms with Crippen LogP contribution in [0.2, 0.25) is 5.02 Å². The van der Waals surface area contributed by atoms with Gasteiger partial charge in [-0.1, -0.05) is 23.7 Å². The van der Waals surface area contributed by atoms with E-state index in [0.717, 1.165) is 22.2 Å². The van der Waals surface area contributed by atoms with Gasteiger partial charge in [0.15, 0.2) is 0 Å². The minimum atomic E-state index is -0.381. The molecule has 8 heteroatoms. The van der Waals surface area contributed by atoms with Crippen molar-refractivity contribution in [1.82, 2.24) is 19.3 Å². The Balaban J connectivity index is 1.69. The standard InChI is InChI=1S/C25H20ClFN4O2/c1-14-10-22(32)30(13-21-16(3)33-24(28-21)17-6-4-7-18(26)11-17)25-23(14)15(2)29-31(25)20-9-5-8-19(27)12-20/h4-12H,13H2,1-3H3. The van der Waals surface area contributed by atoms with Crippen molar-refractivity contribution in [2.75, 3.05) is 0 Å². The number of hydrogen-bond acceptors (Lipinski definition) is 4. The summed E-state index contributed by atoms with van der Waals surface area (Å²) >= 11 is 6.11. The van der Waals surface area contributed by atoms with E-state index in [1.165, 1.54) is 12.1 Å². The van der Waals surface area contributed by atoms with E-state index in [0.29, 0.717) is 33.7 Å². The van der Waals surface area contributed by atoms with E-state index in [1.807, 2.05) is 32.9 Å². The molecule has 0 aliphatic heterocycles. The van der Waals surface area contributed by atoms with Gasteiger partial charge < -0.3 is 4.42 Å². The summed E-state index contributed by atoms with van der Waals surface area (Å²) < 4.78 is 23.1. The third kappa shape index (κ3) is 3.74. The lowest BCUT2D eigenvalue weighted by molar-refractivity contribution is 0.537. The molecule has 5 aromatic rings. The number of pyridine rings is 1. The molecule has 0 aliphatic carbocycles. The number of aryl methyl sites for hydroxylation is 3. The second kappa shape index (κ2) is 8.01. The summed E-state index contributed by atoms with van der Waals surface area (Å²) in [4.78, 5) is 17.8. The van der Waals surface area contributed by atoms with E-state index >= 15 is 0 Å².